The van der Waals surface area contributed by atoms with Crippen molar-refractivity contribution in [3.63, 3.8) is 0 Å². The van der Waals surface area contributed by atoms with E-state index in [9.17, 15) is 57.8 Å². The van der Waals surface area contributed by atoms with Crippen molar-refractivity contribution in [2.45, 2.75) is 156 Å². The van der Waals surface area contributed by atoms with Gasteiger partial charge in [-0.3, -0.25) is 47.9 Å². The smallest absolute Gasteiger partial charge is 0.326 e. The highest BCUT2D eigenvalue weighted by atomic mass is 16.4. The lowest BCUT2D eigenvalue weighted by molar-refractivity contribution is -0.144. The number of hydrogen-bond donors (Lipinski definition) is 8. The molecular formula is C43H72N8O12. The Morgan fingerprint density at radius 1 is 0.698 bits per heavy atom. The number of carbonyl (C=O) groups excluding carboxylic acids is 10. The summed E-state index contributed by atoms with van der Waals surface area (Å²) in [5.41, 5.74) is 10.8. The van der Waals surface area contributed by atoms with E-state index in [0.717, 1.165) is 0 Å². The fourth-order valence-corrected chi connectivity index (χ4v) is 7.09. The van der Waals surface area contributed by atoms with Gasteiger partial charge in [0, 0.05) is 56.9 Å². The first-order chi connectivity index (χ1) is 29.6. The van der Waals surface area contributed by atoms with Crippen LogP contribution in [0.5, 0.6) is 0 Å². The summed E-state index contributed by atoms with van der Waals surface area (Å²) in [5.74, 6) is -8.59. The number of primary amides is 1. The van der Waals surface area contributed by atoms with Gasteiger partial charge in [0.25, 0.3) is 0 Å². The zero-order valence-corrected chi connectivity index (χ0v) is 37.9. The van der Waals surface area contributed by atoms with E-state index in [4.69, 9.17) is 11.5 Å². The number of Topliss-reactive ketones (excluding diaryl/α,β-unsaturated/α-hetero) is 3. The maximum Gasteiger partial charge on any atom is 0.326 e. The Labute approximate surface area is 370 Å². The second-order valence-corrected chi connectivity index (χ2v) is 17.2. The number of ketones is 3. The normalized spacial score (nSPS) is 16.0. The molecule has 0 bridgehead atoms. The van der Waals surface area contributed by atoms with Crippen molar-refractivity contribution in [3.05, 3.63) is 0 Å². The van der Waals surface area contributed by atoms with Gasteiger partial charge in [-0.15, -0.1) is 0 Å². The molecule has 0 aromatic heterocycles. The number of carboxylic acids is 1. The summed E-state index contributed by atoms with van der Waals surface area (Å²) in [7, 11) is 0. The van der Waals surface area contributed by atoms with Gasteiger partial charge >= 0.3 is 5.97 Å². The van der Waals surface area contributed by atoms with Gasteiger partial charge in [0.2, 0.25) is 41.4 Å². The van der Waals surface area contributed by atoms with Gasteiger partial charge < -0.3 is 48.1 Å². The number of hydrogen-bond acceptors (Lipinski definition) is 12. The molecule has 1 fully saturated rings. The van der Waals surface area contributed by atoms with Gasteiger partial charge in [0.05, 0.1) is 25.2 Å². The van der Waals surface area contributed by atoms with E-state index < -0.39 is 101 Å². The third-order valence-electron chi connectivity index (χ3n) is 10.6. The third-order valence-corrected chi connectivity index (χ3v) is 10.6. The van der Waals surface area contributed by atoms with Gasteiger partial charge in [-0.1, -0.05) is 41.5 Å². The van der Waals surface area contributed by atoms with Crippen LogP contribution in [0.4, 0.5) is 0 Å². The summed E-state index contributed by atoms with van der Waals surface area (Å²) < 4.78 is 0. The predicted molar refractivity (Wildman–Crippen MR) is 231 cm³/mol. The third kappa shape index (κ3) is 22.1. The minimum Gasteiger partial charge on any atom is -0.480 e. The van der Waals surface area contributed by atoms with Crippen LogP contribution in [0.3, 0.4) is 0 Å². The van der Waals surface area contributed by atoms with Crippen molar-refractivity contribution >= 4 is 64.7 Å². The first-order valence-electron chi connectivity index (χ1n) is 22.1. The number of likely N-dealkylation sites (tertiary alicyclic amines) is 1. The first kappa shape index (κ1) is 55.7. The number of rotatable bonds is 32. The Morgan fingerprint density at radius 2 is 1.33 bits per heavy atom. The van der Waals surface area contributed by atoms with Crippen LogP contribution in [0.2, 0.25) is 0 Å². The monoisotopic (exact) mass is 893 g/mol. The summed E-state index contributed by atoms with van der Waals surface area (Å²) in [6, 6.07) is -4.05. The second kappa shape index (κ2) is 29.2. The summed E-state index contributed by atoms with van der Waals surface area (Å²) >= 11 is 0. The van der Waals surface area contributed by atoms with Gasteiger partial charge in [-0.25, -0.2) is 4.79 Å². The van der Waals surface area contributed by atoms with E-state index in [0.29, 0.717) is 32.2 Å². The zero-order valence-electron chi connectivity index (χ0n) is 37.9. The number of carbonyl (C=O) groups is 11. The topological polar surface area (TPSA) is 323 Å². The zero-order chi connectivity index (χ0) is 47.8. The quantitative estimate of drug-likeness (QED) is 0.0418. The number of nitrogens with zero attached hydrogens (tertiary/aromatic N) is 1. The van der Waals surface area contributed by atoms with Crippen LogP contribution < -0.4 is 38.1 Å². The highest BCUT2D eigenvalue weighted by molar-refractivity contribution is 5.97. The SMILES string of the molecule is CCC(=O)NCC(=O)C[C@@H](CCC(N)=O)C(=O)N[C@@H](CC(C)C)C(=O)CCC(=O)N[C@@H](CC(C)C)C(=O)C[C@@H](C)C(=O)NCC(=O)N1CCC[C@H]1C(=O)N[C@@H](CCCCN)C(=O)O. The fraction of sp³-hybridized carbons (Fsp3) is 0.744. The maximum atomic E-state index is 13.5. The molecule has 20 nitrogen and oxygen atoms in total. The van der Waals surface area contributed by atoms with Crippen LogP contribution in [0, 0.1) is 23.7 Å². The molecule has 0 aliphatic carbocycles. The summed E-state index contributed by atoms with van der Waals surface area (Å²) in [6.07, 6.45) is 1.30. The van der Waals surface area contributed by atoms with Crippen molar-refractivity contribution in [2.75, 3.05) is 26.2 Å². The highest BCUT2D eigenvalue weighted by Gasteiger charge is 2.36. The van der Waals surface area contributed by atoms with Crippen molar-refractivity contribution in [1.29, 1.82) is 0 Å². The van der Waals surface area contributed by atoms with Crippen molar-refractivity contribution in [1.82, 2.24) is 31.5 Å². The molecule has 0 saturated carbocycles. The molecular weight excluding hydrogens is 821 g/mol. The Hall–Kier alpha value is -5.27. The largest absolute Gasteiger partial charge is 0.480 e. The fourth-order valence-electron chi connectivity index (χ4n) is 7.09. The lowest BCUT2D eigenvalue weighted by atomic mass is 9.92. The molecule has 0 unspecified atom stereocenters. The van der Waals surface area contributed by atoms with E-state index in [1.807, 2.05) is 27.7 Å². The molecule has 0 radical (unpaired) electrons. The van der Waals surface area contributed by atoms with Gasteiger partial charge in [0.1, 0.15) is 12.1 Å². The lowest BCUT2D eigenvalue weighted by Gasteiger charge is -2.26. The van der Waals surface area contributed by atoms with Crippen LogP contribution in [-0.2, 0) is 52.7 Å². The van der Waals surface area contributed by atoms with E-state index in [1.165, 1.54) is 11.8 Å². The summed E-state index contributed by atoms with van der Waals surface area (Å²) in [5, 5.41) is 22.4. The molecule has 1 saturated heterocycles. The molecule has 0 spiro atoms. The molecule has 1 aliphatic heterocycles. The molecule has 0 aromatic rings. The molecule has 7 amide bonds. The van der Waals surface area contributed by atoms with E-state index in [1.54, 1.807) is 6.92 Å². The molecule has 63 heavy (non-hydrogen) atoms. The van der Waals surface area contributed by atoms with Crippen molar-refractivity contribution in [2.24, 2.45) is 35.1 Å². The van der Waals surface area contributed by atoms with Crippen LogP contribution in [-0.4, -0.2) is 125 Å². The number of unbranched alkanes of at least 4 members (excludes halogenated alkanes) is 1. The Morgan fingerprint density at radius 3 is 1.90 bits per heavy atom. The summed E-state index contributed by atoms with van der Waals surface area (Å²) in [6.45, 7) is 10.3. The molecule has 10 N–H and O–H groups in total. The minimum absolute atomic E-state index is 0.0482. The van der Waals surface area contributed by atoms with Crippen LogP contribution in [0.15, 0.2) is 0 Å². The molecule has 1 rings (SSSR count). The standard InChI is InChI=1S/C43H72N8O12/c1-7-37(56)46-23-29(52)22-28(13-15-36(45)55)41(60)50-31(19-25(2)3)34(53)14-16-38(57)48-32(20-26(4)5)35(54)21-27(6)40(59)47-24-39(58)51-18-10-12-33(51)42(61)49-30(43(62)63)11-8-9-17-44/h25-28,30-33H,7-24,44H2,1-6H3,(H2,45,55)(H,46,56)(H,47,59)(H,48,57)(H,49,61)(H,50,60)(H,62,63)/t27-,28-,30+,31+,32+,33+/m1/s1. The van der Waals surface area contributed by atoms with Crippen LogP contribution >= 0.6 is 0 Å². The molecule has 20 heteroatoms. The van der Waals surface area contributed by atoms with E-state index in [-0.39, 0.29) is 95.0 Å². The van der Waals surface area contributed by atoms with Crippen molar-refractivity contribution in [3.8, 4) is 0 Å². The Balaban J connectivity index is 2.86. The number of amides is 7. The van der Waals surface area contributed by atoms with Crippen LogP contribution in [0.25, 0.3) is 0 Å². The molecule has 1 aliphatic rings. The number of aliphatic carboxylic acids is 1. The average molecular weight is 893 g/mol. The number of carboxylic acid groups (broad SMARTS) is 1. The van der Waals surface area contributed by atoms with Gasteiger partial charge in [0.15, 0.2) is 17.3 Å². The average Bonchev–Trinajstić information content (AvgIpc) is 3.71. The van der Waals surface area contributed by atoms with E-state index in [2.05, 4.69) is 26.6 Å². The van der Waals surface area contributed by atoms with Gasteiger partial charge in [-0.05, 0) is 69.7 Å². The number of nitrogens with two attached hydrogens (primary N) is 2. The minimum atomic E-state index is -1.19. The second-order valence-electron chi connectivity index (χ2n) is 17.2. The molecule has 6 atom stereocenters. The lowest BCUT2D eigenvalue weighted by Crippen LogP contribution is -2.52. The molecule has 356 valence electrons. The molecule has 0 aromatic carbocycles. The Kier molecular flexibility index (Phi) is 25.8. The summed E-state index contributed by atoms with van der Waals surface area (Å²) in [4.78, 5) is 141. The van der Waals surface area contributed by atoms with Gasteiger partial charge in [-0.2, -0.15) is 0 Å². The van der Waals surface area contributed by atoms with E-state index >= 15 is 0 Å². The van der Waals surface area contributed by atoms with Crippen LogP contribution in [0.1, 0.15) is 131 Å². The number of nitrogens with one attached hydrogen (secondary N) is 5. The molecule has 1 heterocycles. The predicted octanol–water partition coefficient (Wildman–Crippen LogP) is 0.166. The first-order valence-corrected chi connectivity index (χ1v) is 22.1. The maximum absolute atomic E-state index is 13.5. The highest BCUT2D eigenvalue weighted by Crippen LogP contribution is 2.19. The Bertz CT molecular complexity index is 1620. The van der Waals surface area contributed by atoms with Crippen molar-refractivity contribution < 1.29 is 57.8 Å².